The zero-order valence-corrected chi connectivity index (χ0v) is 13.6. The van der Waals surface area contributed by atoms with Crippen LogP contribution in [-0.2, 0) is 5.92 Å². The van der Waals surface area contributed by atoms with Crippen LogP contribution in [0.15, 0.2) is 40.9 Å². The van der Waals surface area contributed by atoms with Gasteiger partial charge in [0.1, 0.15) is 5.82 Å². The first kappa shape index (κ1) is 16.8. The lowest BCUT2D eigenvalue weighted by molar-refractivity contribution is 0.0175. The van der Waals surface area contributed by atoms with Crippen LogP contribution in [0.3, 0.4) is 0 Å². The van der Waals surface area contributed by atoms with Gasteiger partial charge in [0.2, 0.25) is 0 Å². The van der Waals surface area contributed by atoms with E-state index in [4.69, 9.17) is 11.6 Å². The molecule has 0 radical (unpaired) electrons. The molecule has 0 saturated heterocycles. The number of halogens is 5. The second-order valence-corrected chi connectivity index (χ2v) is 5.93. The van der Waals surface area contributed by atoms with Crippen LogP contribution in [-0.4, -0.2) is 5.91 Å². The van der Waals surface area contributed by atoms with Crippen LogP contribution >= 0.6 is 27.5 Å². The molecule has 0 spiro atoms. The summed E-state index contributed by atoms with van der Waals surface area (Å²) in [7, 11) is 0. The molecule has 1 amide bonds. The molecule has 2 rings (SSSR count). The van der Waals surface area contributed by atoms with Crippen LogP contribution in [0.1, 0.15) is 22.8 Å². The van der Waals surface area contributed by atoms with Gasteiger partial charge >= 0.3 is 0 Å². The van der Waals surface area contributed by atoms with Crippen LogP contribution in [0.5, 0.6) is 0 Å². The highest BCUT2D eigenvalue weighted by Gasteiger charge is 2.28. The Morgan fingerprint density at radius 1 is 1.23 bits per heavy atom. The largest absolute Gasteiger partial charge is 0.322 e. The highest BCUT2D eigenvalue weighted by atomic mass is 79.9. The van der Waals surface area contributed by atoms with Gasteiger partial charge in [0.15, 0.2) is 0 Å². The molecule has 2 aromatic rings. The molecule has 0 atom stereocenters. The van der Waals surface area contributed by atoms with Crippen molar-refractivity contribution in [3.63, 3.8) is 0 Å². The standard InChI is InChI=1S/C15H10BrClF3NO/c1-15(19,20)10-6-8(2-4-12(10)17)14(22)21-9-3-5-13(18)11(16)7-9/h2-7H,1H3,(H,21,22). The molecule has 0 heterocycles. The molecule has 1 N–H and O–H groups in total. The lowest BCUT2D eigenvalue weighted by atomic mass is 10.1. The summed E-state index contributed by atoms with van der Waals surface area (Å²) in [6.45, 7) is 0.701. The zero-order valence-electron chi connectivity index (χ0n) is 11.3. The van der Waals surface area contributed by atoms with Crippen LogP contribution in [0, 0.1) is 5.82 Å². The molecule has 2 aromatic carbocycles. The first-order valence-corrected chi connectivity index (χ1v) is 7.30. The molecule has 116 valence electrons. The fourth-order valence-corrected chi connectivity index (χ4v) is 2.44. The van der Waals surface area contributed by atoms with Crippen molar-refractivity contribution in [2.24, 2.45) is 0 Å². The highest BCUT2D eigenvalue weighted by Crippen LogP contribution is 2.33. The van der Waals surface area contributed by atoms with Crippen molar-refractivity contribution in [3.8, 4) is 0 Å². The number of benzene rings is 2. The van der Waals surface area contributed by atoms with E-state index in [9.17, 15) is 18.0 Å². The maximum absolute atomic E-state index is 13.4. The Morgan fingerprint density at radius 3 is 2.50 bits per heavy atom. The molecule has 22 heavy (non-hydrogen) atoms. The molecule has 7 heteroatoms. The van der Waals surface area contributed by atoms with E-state index in [-0.39, 0.29) is 15.1 Å². The topological polar surface area (TPSA) is 29.1 Å². The van der Waals surface area contributed by atoms with Crippen molar-refractivity contribution in [2.75, 3.05) is 5.32 Å². The summed E-state index contributed by atoms with van der Waals surface area (Å²) in [4.78, 5) is 12.1. The normalized spacial score (nSPS) is 11.4. The Morgan fingerprint density at radius 2 is 1.91 bits per heavy atom. The summed E-state index contributed by atoms with van der Waals surface area (Å²) < 4.78 is 40.2. The third-order valence-electron chi connectivity index (χ3n) is 2.88. The number of alkyl halides is 2. The molecule has 0 aliphatic heterocycles. The van der Waals surface area contributed by atoms with E-state index in [1.165, 1.54) is 30.3 Å². The molecule has 0 unspecified atom stereocenters. The van der Waals surface area contributed by atoms with Gasteiger partial charge in [-0.3, -0.25) is 4.79 Å². The third-order valence-corrected chi connectivity index (χ3v) is 3.82. The Hall–Kier alpha value is -1.53. The van der Waals surface area contributed by atoms with Crippen molar-refractivity contribution in [1.82, 2.24) is 0 Å². The van der Waals surface area contributed by atoms with E-state index in [0.29, 0.717) is 12.6 Å². The Labute approximate surface area is 138 Å². The molecule has 0 bridgehead atoms. The maximum atomic E-state index is 13.4. The third kappa shape index (κ3) is 3.81. The SMILES string of the molecule is CC(F)(F)c1cc(C(=O)Nc2ccc(F)c(Br)c2)ccc1Cl. The number of carbonyl (C=O) groups excluding carboxylic acids is 1. The average molecular weight is 393 g/mol. The van der Waals surface area contributed by atoms with E-state index in [1.54, 1.807) is 0 Å². The predicted molar refractivity (Wildman–Crippen MR) is 83.1 cm³/mol. The Kier molecular flexibility index (Phi) is 4.82. The molecule has 0 saturated carbocycles. The first-order valence-electron chi connectivity index (χ1n) is 6.13. The summed E-state index contributed by atoms with van der Waals surface area (Å²) in [6.07, 6.45) is 0. The fourth-order valence-electron chi connectivity index (χ4n) is 1.78. The summed E-state index contributed by atoms with van der Waals surface area (Å²) in [5.41, 5.74) is -0.0680. The molecule has 0 fully saturated rings. The first-order chi connectivity index (χ1) is 10.2. The van der Waals surface area contributed by atoms with E-state index in [0.717, 1.165) is 6.07 Å². The van der Waals surface area contributed by atoms with E-state index >= 15 is 0 Å². The monoisotopic (exact) mass is 391 g/mol. The van der Waals surface area contributed by atoms with Crippen LogP contribution in [0.25, 0.3) is 0 Å². The van der Waals surface area contributed by atoms with Crippen molar-refractivity contribution in [3.05, 3.63) is 62.8 Å². The lowest BCUT2D eigenvalue weighted by Gasteiger charge is -2.14. The zero-order chi connectivity index (χ0) is 16.5. The molecular weight excluding hydrogens is 383 g/mol. The van der Waals surface area contributed by atoms with Gasteiger partial charge in [-0.2, -0.15) is 0 Å². The van der Waals surface area contributed by atoms with Gasteiger partial charge in [-0.05, 0) is 52.3 Å². The molecular formula is C15H10BrClF3NO. The van der Waals surface area contributed by atoms with E-state index in [2.05, 4.69) is 21.2 Å². The van der Waals surface area contributed by atoms with Gasteiger partial charge in [0.25, 0.3) is 11.8 Å². The second kappa shape index (κ2) is 6.30. The van der Waals surface area contributed by atoms with E-state index in [1.807, 2.05) is 0 Å². The number of hydrogen-bond acceptors (Lipinski definition) is 1. The predicted octanol–water partition coefficient (Wildman–Crippen LogP) is 5.61. The quantitative estimate of drug-likeness (QED) is 0.723. The van der Waals surface area contributed by atoms with E-state index < -0.39 is 23.2 Å². The lowest BCUT2D eigenvalue weighted by Crippen LogP contribution is -2.15. The van der Waals surface area contributed by atoms with Crippen LogP contribution in [0.2, 0.25) is 5.02 Å². The smallest absolute Gasteiger partial charge is 0.271 e. The minimum atomic E-state index is -3.16. The number of rotatable bonds is 3. The number of anilines is 1. The summed E-state index contributed by atoms with van der Waals surface area (Å²) in [5.74, 6) is -4.23. The van der Waals surface area contributed by atoms with Gasteiger partial charge in [0, 0.05) is 28.8 Å². The second-order valence-electron chi connectivity index (χ2n) is 4.67. The number of hydrogen-bond donors (Lipinski definition) is 1. The van der Waals surface area contributed by atoms with Gasteiger partial charge in [-0.25, -0.2) is 13.2 Å². The Bertz CT molecular complexity index is 731. The number of nitrogens with one attached hydrogen (secondary N) is 1. The van der Waals surface area contributed by atoms with Crippen LogP contribution < -0.4 is 5.32 Å². The molecule has 0 aliphatic carbocycles. The van der Waals surface area contributed by atoms with Crippen molar-refractivity contribution >= 4 is 39.1 Å². The summed E-state index contributed by atoms with van der Waals surface area (Å²) in [6, 6.07) is 7.53. The van der Waals surface area contributed by atoms with Gasteiger partial charge in [0.05, 0.1) is 4.47 Å². The average Bonchev–Trinajstić information content (AvgIpc) is 2.42. The molecule has 2 nitrogen and oxygen atoms in total. The number of carbonyl (C=O) groups is 1. The summed E-state index contributed by atoms with van der Waals surface area (Å²) >= 11 is 8.72. The van der Waals surface area contributed by atoms with Crippen molar-refractivity contribution < 1.29 is 18.0 Å². The van der Waals surface area contributed by atoms with Gasteiger partial charge < -0.3 is 5.32 Å². The fraction of sp³-hybridized carbons (Fsp3) is 0.133. The Balaban J connectivity index is 2.28. The van der Waals surface area contributed by atoms with Crippen molar-refractivity contribution in [2.45, 2.75) is 12.8 Å². The molecule has 0 aromatic heterocycles. The summed E-state index contributed by atoms with van der Waals surface area (Å²) in [5, 5.41) is 2.38. The van der Waals surface area contributed by atoms with Gasteiger partial charge in [-0.15, -0.1) is 0 Å². The van der Waals surface area contributed by atoms with Gasteiger partial charge in [-0.1, -0.05) is 11.6 Å². The minimum Gasteiger partial charge on any atom is -0.322 e. The molecule has 0 aliphatic rings. The van der Waals surface area contributed by atoms with Crippen LogP contribution in [0.4, 0.5) is 18.9 Å². The van der Waals surface area contributed by atoms with Crippen molar-refractivity contribution in [1.29, 1.82) is 0 Å². The number of amides is 1. The minimum absolute atomic E-state index is 0.0290. The highest BCUT2D eigenvalue weighted by molar-refractivity contribution is 9.10. The maximum Gasteiger partial charge on any atom is 0.271 e.